The van der Waals surface area contributed by atoms with Gasteiger partial charge in [-0.1, -0.05) is 40.5 Å². The van der Waals surface area contributed by atoms with E-state index in [9.17, 15) is 0 Å². The van der Waals surface area contributed by atoms with Crippen molar-refractivity contribution >= 4 is 15.9 Å². The van der Waals surface area contributed by atoms with Gasteiger partial charge in [-0.3, -0.25) is 0 Å². The zero-order chi connectivity index (χ0) is 18.9. The molecule has 0 bridgehead atoms. The molecule has 0 aromatic heterocycles. The first-order valence-corrected chi connectivity index (χ1v) is 10.7. The first-order valence-electron chi connectivity index (χ1n) is 9.91. The van der Waals surface area contributed by atoms with Gasteiger partial charge in [0.05, 0.1) is 6.61 Å². The third-order valence-electron chi connectivity index (χ3n) is 4.92. The van der Waals surface area contributed by atoms with E-state index in [2.05, 4.69) is 39.9 Å². The minimum atomic E-state index is -0.0625. The number of hydrogen-bond acceptors (Lipinski definition) is 3. The molecule has 1 atom stereocenters. The third kappa shape index (κ3) is 6.54. The van der Waals surface area contributed by atoms with Gasteiger partial charge in [-0.2, -0.15) is 0 Å². The van der Waals surface area contributed by atoms with E-state index in [1.165, 1.54) is 32.4 Å². The SMILES string of the molecule is [CH2]CC(Oc1cccc(Br)c1)c1ccc(OCCCN2CCCCC2)cc1. The van der Waals surface area contributed by atoms with Gasteiger partial charge in [0, 0.05) is 11.0 Å². The van der Waals surface area contributed by atoms with Crippen LogP contribution in [-0.4, -0.2) is 31.1 Å². The summed E-state index contributed by atoms with van der Waals surface area (Å²) in [5.74, 6) is 1.76. The standard InChI is InChI=1S/C23H29BrNO2/c1-2-23(27-22-9-6-8-20(24)18-22)19-10-12-21(13-11-19)26-17-7-16-25-14-4-3-5-15-25/h6,8-13,18,23H,1-5,7,14-17H2. The van der Waals surface area contributed by atoms with E-state index in [1.54, 1.807) is 0 Å². The highest BCUT2D eigenvalue weighted by molar-refractivity contribution is 9.10. The highest BCUT2D eigenvalue weighted by atomic mass is 79.9. The first-order chi connectivity index (χ1) is 13.2. The van der Waals surface area contributed by atoms with Crippen molar-refractivity contribution in [2.75, 3.05) is 26.2 Å². The molecule has 0 amide bonds. The van der Waals surface area contributed by atoms with Crippen molar-refractivity contribution in [1.82, 2.24) is 4.90 Å². The van der Waals surface area contributed by atoms with Crippen molar-refractivity contribution in [1.29, 1.82) is 0 Å². The van der Waals surface area contributed by atoms with Crippen molar-refractivity contribution in [2.24, 2.45) is 0 Å². The highest BCUT2D eigenvalue weighted by Gasteiger charge is 2.12. The fourth-order valence-electron chi connectivity index (χ4n) is 3.44. The Morgan fingerprint density at radius 2 is 1.78 bits per heavy atom. The number of piperidine rings is 1. The zero-order valence-electron chi connectivity index (χ0n) is 15.9. The van der Waals surface area contributed by atoms with Gasteiger partial charge in [0.2, 0.25) is 0 Å². The van der Waals surface area contributed by atoms with E-state index >= 15 is 0 Å². The second-order valence-corrected chi connectivity index (χ2v) is 7.94. The molecule has 2 aromatic carbocycles. The van der Waals surface area contributed by atoms with Crippen LogP contribution in [0, 0.1) is 6.92 Å². The number of hydrogen-bond donors (Lipinski definition) is 0. The summed E-state index contributed by atoms with van der Waals surface area (Å²) in [6.07, 6.45) is 5.76. The minimum Gasteiger partial charge on any atom is -0.494 e. The lowest BCUT2D eigenvalue weighted by molar-refractivity contribution is 0.204. The van der Waals surface area contributed by atoms with Gasteiger partial charge in [0.1, 0.15) is 17.6 Å². The summed E-state index contributed by atoms with van der Waals surface area (Å²) >= 11 is 3.48. The van der Waals surface area contributed by atoms with Gasteiger partial charge >= 0.3 is 0 Å². The number of nitrogens with zero attached hydrogens (tertiary/aromatic N) is 1. The Kier molecular flexibility index (Phi) is 8.03. The van der Waals surface area contributed by atoms with Crippen LogP contribution in [0.5, 0.6) is 11.5 Å². The van der Waals surface area contributed by atoms with Crippen LogP contribution in [0.4, 0.5) is 0 Å². The molecule has 2 aromatic rings. The summed E-state index contributed by atoms with van der Waals surface area (Å²) in [5.41, 5.74) is 1.12. The average molecular weight is 431 g/mol. The maximum absolute atomic E-state index is 6.10. The molecule has 145 valence electrons. The van der Waals surface area contributed by atoms with Crippen molar-refractivity contribution < 1.29 is 9.47 Å². The largest absolute Gasteiger partial charge is 0.494 e. The van der Waals surface area contributed by atoms with Crippen LogP contribution in [0.2, 0.25) is 0 Å². The first kappa shape index (κ1) is 20.2. The Morgan fingerprint density at radius 3 is 2.48 bits per heavy atom. The van der Waals surface area contributed by atoms with Crippen molar-refractivity contribution in [3.63, 3.8) is 0 Å². The number of halogens is 1. The van der Waals surface area contributed by atoms with E-state index in [-0.39, 0.29) is 6.10 Å². The lowest BCUT2D eigenvalue weighted by Gasteiger charge is -2.26. The quantitative estimate of drug-likeness (QED) is 0.452. The molecule has 1 saturated heterocycles. The predicted molar refractivity (Wildman–Crippen MR) is 114 cm³/mol. The fraction of sp³-hybridized carbons (Fsp3) is 0.435. The van der Waals surface area contributed by atoms with E-state index in [1.807, 2.05) is 36.4 Å². The molecular formula is C23H29BrNO2. The summed E-state index contributed by atoms with van der Waals surface area (Å²) in [4.78, 5) is 2.55. The van der Waals surface area contributed by atoms with Crippen LogP contribution in [-0.2, 0) is 0 Å². The van der Waals surface area contributed by atoms with Crippen molar-refractivity contribution in [2.45, 2.75) is 38.2 Å². The summed E-state index contributed by atoms with van der Waals surface area (Å²) < 4.78 is 13.0. The number of likely N-dealkylation sites (tertiary alicyclic amines) is 1. The molecule has 1 heterocycles. The van der Waals surface area contributed by atoms with Crippen molar-refractivity contribution in [3.05, 3.63) is 65.5 Å². The summed E-state index contributed by atoms with van der Waals surface area (Å²) in [7, 11) is 0. The van der Waals surface area contributed by atoms with Gasteiger partial charge in [0.25, 0.3) is 0 Å². The van der Waals surface area contributed by atoms with Crippen LogP contribution < -0.4 is 9.47 Å². The van der Waals surface area contributed by atoms with E-state index in [0.717, 1.165) is 41.1 Å². The molecule has 0 aliphatic carbocycles. The maximum Gasteiger partial charge on any atom is 0.124 e. The van der Waals surface area contributed by atoms with Crippen molar-refractivity contribution in [3.8, 4) is 11.5 Å². The molecule has 3 rings (SSSR count). The van der Waals surface area contributed by atoms with Crippen LogP contribution in [0.1, 0.15) is 43.8 Å². The fourth-order valence-corrected chi connectivity index (χ4v) is 3.82. The molecule has 1 unspecified atom stereocenters. The predicted octanol–water partition coefficient (Wildman–Crippen LogP) is 6.05. The number of benzene rings is 2. The second kappa shape index (κ2) is 10.7. The van der Waals surface area contributed by atoms with Crippen LogP contribution in [0.25, 0.3) is 0 Å². The molecule has 3 nitrogen and oxygen atoms in total. The molecule has 0 spiro atoms. The molecule has 1 fully saturated rings. The second-order valence-electron chi connectivity index (χ2n) is 7.03. The van der Waals surface area contributed by atoms with Crippen LogP contribution in [0.3, 0.4) is 0 Å². The normalized spacial score (nSPS) is 16.1. The number of ether oxygens (including phenoxy) is 2. The topological polar surface area (TPSA) is 21.7 Å². The Bertz CT molecular complexity index is 683. The van der Waals surface area contributed by atoms with Gasteiger partial charge in [-0.15, -0.1) is 0 Å². The zero-order valence-corrected chi connectivity index (χ0v) is 17.5. The smallest absolute Gasteiger partial charge is 0.124 e. The Balaban J connectivity index is 1.46. The highest BCUT2D eigenvalue weighted by Crippen LogP contribution is 2.27. The Hall–Kier alpha value is -1.52. The van der Waals surface area contributed by atoms with Gasteiger partial charge in [0.15, 0.2) is 0 Å². The molecule has 1 aliphatic heterocycles. The van der Waals surface area contributed by atoms with Crippen LogP contribution in [0.15, 0.2) is 53.0 Å². The molecular weight excluding hydrogens is 402 g/mol. The van der Waals surface area contributed by atoms with E-state index < -0.39 is 0 Å². The molecule has 1 radical (unpaired) electrons. The Morgan fingerprint density at radius 1 is 1.00 bits per heavy atom. The van der Waals surface area contributed by atoms with Gasteiger partial charge in [-0.05, 0) is 81.6 Å². The third-order valence-corrected chi connectivity index (χ3v) is 5.42. The summed E-state index contributed by atoms with van der Waals surface area (Å²) in [6, 6.07) is 16.1. The monoisotopic (exact) mass is 430 g/mol. The Labute approximate surface area is 171 Å². The molecule has 0 saturated carbocycles. The molecule has 0 N–H and O–H groups in total. The summed E-state index contributed by atoms with van der Waals surface area (Å²) in [5, 5.41) is 0. The minimum absolute atomic E-state index is 0.0625. The van der Waals surface area contributed by atoms with E-state index in [4.69, 9.17) is 9.47 Å². The van der Waals surface area contributed by atoms with Crippen LogP contribution >= 0.6 is 15.9 Å². The average Bonchev–Trinajstić information content (AvgIpc) is 2.71. The lowest BCUT2D eigenvalue weighted by atomic mass is 10.1. The number of rotatable bonds is 9. The van der Waals surface area contributed by atoms with Gasteiger partial charge in [-0.25, -0.2) is 0 Å². The van der Waals surface area contributed by atoms with Gasteiger partial charge < -0.3 is 14.4 Å². The summed E-state index contributed by atoms with van der Waals surface area (Å²) in [6.45, 7) is 8.44. The molecule has 4 heteroatoms. The molecule has 27 heavy (non-hydrogen) atoms. The lowest BCUT2D eigenvalue weighted by Crippen LogP contribution is -2.31. The maximum atomic E-state index is 6.10. The van der Waals surface area contributed by atoms with E-state index in [0.29, 0.717) is 6.42 Å². The molecule has 1 aliphatic rings.